The van der Waals surface area contributed by atoms with Crippen molar-refractivity contribution in [3.63, 3.8) is 0 Å². The van der Waals surface area contributed by atoms with E-state index in [0.29, 0.717) is 5.13 Å². The van der Waals surface area contributed by atoms with Crippen molar-refractivity contribution in [2.45, 2.75) is 20.0 Å². The molecule has 1 aromatic carbocycles. The summed E-state index contributed by atoms with van der Waals surface area (Å²) < 4.78 is 5.16. The summed E-state index contributed by atoms with van der Waals surface area (Å²) in [5.74, 6) is 0.891. The third-order valence-corrected chi connectivity index (χ3v) is 3.77. The molecule has 0 aliphatic heterocycles. The maximum atomic E-state index is 5.66. The lowest BCUT2D eigenvalue weighted by Crippen LogP contribution is -2.21. The highest BCUT2D eigenvalue weighted by Gasteiger charge is 2.07. The summed E-state index contributed by atoms with van der Waals surface area (Å²) in [5, 5.41) is 0.635. The van der Waals surface area contributed by atoms with Gasteiger partial charge in [-0.3, -0.25) is 4.90 Å². The van der Waals surface area contributed by atoms with Crippen LogP contribution in [0.3, 0.4) is 0 Å². The molecule has 20 heavy (non-hydrogen) atoms. The first-order chi connectivity index (χ1) is 9.21. The van der Waals surface area contributed by atoms with E-state index in [9.17, 15) is 0 Å². The van der Waals surface area contributed by atoms with Crippen LogP contribution in [0.1, 0.15) is 17.4 Å². The van der Waals surface area contributed by atoms with Crippen LogP contribution in [0.4, 0.5) is 5.13 Å². The number of hydrogen-bond donors (Lipinski definition) is 1. The number of rotatable bonds is 6. The zero-order valence-corrected chi connectivity index (χ0v) is 13.3. The van der Waals surface area contributed by atoms with E-state index in [1.165, 1.54) is 10.4 Å². The summed E-state index contributed by atoms with van der Waals surface area (Å²) in [6.45, 7) is 4.95. The first kappa shape index (κ1) is 16.8. The van der Waals surface area contributed by atoms with Gasteiger partial charge >= 0.3 is 0 Å². The molecule has 6 heteroatoms. The van der Waals surface area contributed by atoms with Crippen LogP contribution in [0, 0.1) is 0 Å². The van der Waals surface area contributed by atoms with Crippen LogP contribution in [-0.2, 0) is 13.1 Å². The van der Waals surface area contributed by atoms with Crippen LogP contribution in [0.5, 0.6) is 5.75 Å². The molecule has 0 radical (unpaired) electrons. The summed E-state index contributed by atoms with van der Waals surface area (Å²) in [4.78, 5) is 7.64. The molecule has 0 fully saturated rings. The summed E-state index contributed by atoms with van der Waals surface area (Å²) in [5.41, 5.74) is 6.93. The molecule has 0 amide bonds. The number of benzene rings is 1. The van der Waals surface area contributed by atoms with Crippen molar-refractivity contribution in [3.8, 4) is 5.75 Å². The minimum atomic E-state index is 0. The second-order valence-electron chi connectivity index (χ2n) is 4.32. The Bertz CT molecular complexity index is 515. The zero-order chi connectivity index (χ0) is 13.7. The third kappa shape index (κ3) is 4.67. The molecule has 0 saturated heterocycles. The third-order valence-electron chi connectivity index (χ3n) is 2.96. The molecule has 0 spiro atoms. The molecular formula is C14H20ClN3OS. The Morgan fingerprint density at radius 3 is 2.45 bits per heavy atom. The second-order valence-corrected chi connectivity index (χ2v) is 5.46. The van der Waals surface area contributed by atoms with E-state index in [2.05, 4.69) is 28.9 Å². The maximum Gasteiger partial charge on any atom is 0.180 e. The van der Waals surface area contributed by atoms with Gasteiger partial charge in [-0.05, 0) is 24.2 Å². The lowest BCUT2D eigenvalue weighted by atomic mass is 10.2. The zero-order valence-electron chi connectivity index (χ0n) is 11.7. The SMILES string of the molecule is CCN(Cc1ccc(OC)cc1)Cc1cnc(N)s1.Cl. The largest absolute Gasteiger partial charge is 0.497 e. The van der Waals surface area contributed by atoms with Crippen molar-refractivity contribution in [3.05, 3.63) is 40.9 Å². The molecule has 110 valence electrons. The minimum absolute atomic E-state index is 0. The number of anilines is 1. The van der Waals surface area contributed by atoms with Gasteiger partial charge in [0.25, 0.3) is 0 Å². The minimum Gasteiger partial charge on any atom is -0.497 e. The first-order valence-corrected chi connectivity index (χ1v) is 7.08. The number of ether oxygens (including phenoxy) is 1. The molecule has 2 aromatic rings. The van der Waals surface area contributed by atoms with E-state index >= 15 is 0 Å². The molecule has 0 bridgehead atoms. The van der Waals surface area contributed by atoms with Crippen LogP contribution in [0.25, 0.3) is 0 Å². The van der Waals surface area contributed by atoms with Gasteiger partial charge in [-0.15, -0.1) is 23.7 Å². The highest BCUT2D eigenvalue weighted by atomic mass is 35.5. The Balaban J connectivity index is 0.00000200. The van der Waals surface area contributed by atoms with Crippen LogP contribution >= 0.6 is 23.7 Å². The van der Waals surface area contributed by atoms with Crippen LogP contribution < -0.4 is 10.5 Å². The van der Waals surface area contributed by atoms with Crippen molar-refractivity contribution < 1.29 is 4.74 Å². The summed E-state index contributed by atoms with van der Waals surface area (Å²) in [6.07, 6.45) is 1.86. The van der Waals surface area contributed by atoms with Gasteiger partial charge < -0.3 is 10.5 Å². The maximum absolute atomic E-state index is 5.66. The fourth-order valence-corrected chi connectivity index (χ4v) is 2.61. The van der Waals surface area contributed by atoms with E-state index in [1.54, 1.807) is 18.4 Å². The van der Waals surface area contributed by atoms with E-state index in [1.807, 2.05) is 18.3 Å². The average Bonchev–Trinajstić information content (AvgIpc) is 2.84. The number of halogens is 1. The Kier molecular flexibility index (Phi) is 6.78. The van der Waals surface area contributed by atoms with Gasteiger partial charge in [0.05, 0.1) is 7.11 Å². The van der Waals surface area contributed by atoms with Crippen molar-refractivity contribution >= 4 is 28.9 Å². The molecule has 0 aliphatic rings. The molecule has 0 saturated carbocycles. The van der Waals surface area contributed by atoms with Crippen molar-refractivity contribution in [2.75, 3.05) is 19.4 Å². The number of hydrogen-bond acceptors (Lipinski definition) is 5. The predicted octanol–water partition coefficient (Wildman–Crippen LogP) is 3.18. The van der Waals surface area contributed by atoms with Crippen LogP contribution in [0.15, 0.2) is 30.5 Å². The second kappa shape index (κ2) is 8.09. The number of aromatic nitrogens is 1. The Morgan fingerprint density at radius 2 is 1.95 bits per heavy atom. The molecule has 2 N–H and O–H groups in total. The van der Waals surface area contributed by atoms with Gasteiger partial charge in [0.15, 0.2) is 5.13 Å². The molecule has 0 aliphatic carbocycles. The van der Waals surface area contributed by atoms with Crippen molar-refractivity contribution in [1.29, 1.82) is 0 Å². The van der Waals surface area contributed by atoms with Crippen molar-refractivity contribution in [2.24, 2.45) is 0 Å². The molecule has 2 rings (SSSR count). The lowest BCUT2D eigenvalue weighted by Gasteiger charge is -2.19. The number of methoxy groups -OCH3 is 1. The summed E-state index contributed by atoms with van der Waals surface area (Å²) >= 11 is 1.55. The van der Waals surface area contributed by atoms with E-state index in [0.717, 1.165) is 25.4 Å². The van der Waals surface area contributed by atoms with Gasteiger partial charge in [-0.25, -0.2) is 4.98 Å². The standard InChI is InChI=1S/C14H19N3OS.ClH/c1-3-17(10-13-8-16-14(15)19-13)9-11-4-6-12(18-2)7-5-11;/h4-8H,3,9-10H2,1-2H3,(H2,15,16);1H. The Hall–Kier alpha value is -1.30. The van der Waals surface area contributed by atoms with Gasteiger partial charge in [0.2, 0.25) is 0 Å². The molecule has 0 unspecified atom stereocenters. The smallest absolute Gasteiger partial charge is 0.180 e. The molecular weight excluding hydrogens is 294 g/mol. The van der Waals surface area contributed by atoms with Gasteiger partial charge in [0, 0.05) is 24.2 Å². The molecule has 1 heterocycles. The number of thiazole rings is 1. The number of nitrogens with zero attached hydrogens (tertiary/aromatic N) is 2. The summed E-state index contributed by atoms with van der Waals surface area (Å²) in [7, 11) is 1.68. The topological polar surface area (TPSA) is 51.4 Å². The monoisotopic (exact) mass is 313 g/mol. The fourth-order valence-electron chi connectivity index (χ4n) is 1.88. The Morgan fingerprint density at radius 1 is 1.25 bits per heavy atom. The van der Waals surface area contributed by atoms with Crippen molar-refractivity contribution in [1.82, 2.24) is 9.88 Å². The number of nitrogens with two attached hydrogens (primary N) is 1. The van der Waals surface area contributed by atoms with E-state index < -0.39 is 0 Å². The quantitative estimate of drug-likeness (QED) is 0.890. The van der Waals surface area contributed by atoms with Gasteiger partial charge in [0.1, 0.15) is 5.75 Å². The van der Waals surface area contributed by atoms with Crippen LogP contribution in [0.2, 0.25) is 0 Å². The fraction of sp³-hybridized carbons (Fsp3) is 0.357. The van der Waals surface area contributed by atoms with E-state index in [4.69, 9.17) is 10.5 Å². The van der Waals surface area contributed by atoms with Crippen LogP contribution in [-0.4, -0.2) is 23.5 Å². The highest BCUT2D eigenvalue weighted by molar-refractivity contribution is 7.15. The normalized spacial score (nSPS) is 10.3. The molecule has 1 aromatic heterocycles. The summed E-state index contributed by atoms with van der Waals surface area (Å²) in [6, 6.07) is 8.19. The molecule has 4 nitrogen and oxygen atoms in total. The van der Waals surface area contributed by atoms with E-state index in [-0.39, 0.29) is 12.4 Å². The van der Waals surface area contributed by atoms with Gasteiger partial charge in [-0.2, -0.15) is 0 Å². The van der Waals surface area contributed by atoms with Gasteiger partial charge in [-0.1, -0.05) is 19.1 Å². The molecule has 0 atom stereocenters. The Labute approximate surface area is 130 Å². The number of nitrogen functional groups attached to an aromatic ring is 1. The lowest BCUT2D eigenvalue weighted by molar-refractivity contribution is 0.273. The predicted molar refractivity (Wildman–Crippen MR) is 86.6 cm³/mol. The first-order valence-electron chi connectivity index (χ1n) is 6.26. The average molecular weight is 314 g/mol. The highest BCUT2D eigenvalue weighted by Crippen LogP contribution is 2.18.